The van der Waals surface area contributed by atoms with Gasteiger partial charge in [0, 0.05) is 25.4 Å². The van der Waals surface area contributed by atoms with Crippen LogP contribution in [-0.4, -0.2) is 45.5 Å². The molecule has 0 bridgehead atoms. The first-order chi connectivity index (χ1) is 16.9. The van der Waals surface area contributed by atoms with E-state index in [4.69, 9.17) is 9.84 Å². The van der Waals surface area contributed by atoms with Crippen LogP contribution in [0.25, 0.3) is 11.1 Å². The van der Waals surface area contributed by atoms with E-state index in [1.165, 1.54) is 10.9 Å². The molecule has 35 heavy (non-hydrogen) atoms. The highest BCUT2D eigenvalue weighted by Gasteiger charge is 2.29. The van der Waals surface area contributed by atoms with Crippen LogP contribution in [0.15, 0.2) is 54.7 Å². The third kappa shape index (κ3) is 5.18. The molecule has 1 aromatic heterocycles. The summed E-state index contributed by atoms with van der Waals surface area (Å²) in [5.41, 5.74) is 4.86. The summed E-state index contributed by atoms with van der Waals surface area (Å²) in [6.07, 6.45) is 1.53. The number of benzene rings is 2. The summed E-state index contributed by atoms with van der Waals surface area (Å²) in [4.78, 5) is 36.4. The summed E-state index contributed by atoms with van der Waals surface area (Å²) in [7, 11) is 1.59. The maximum atomic E-state index is 12.9. The monoisotopic (exact) mass is 476 g/mol. The lowest BCUT2D eigenvalue weighted by Gasteiger charge is -2.17. The van der Waals surface area contributed by atoms with Crippen molar-refractivity contribution in [2.45, 2.75) is 38.1 Å². The minimum atomic E-state index is -0.921. The predicted molar refractivity (Wildman–Crippen MR) is 130 cm³/mol. The Morgan fingerprint density at radius 2 is 1.71 bits per heavy atom. The molecular formula is C26H28N4O5. The molecule has 2 aromatic carbocycles. The number of hydrogen-bond donors (Lipinski definition) is 3. The van der Waals surface area contributed by atoms with Crippen molar-refractivity contribution in [3.63, 3.8) is 0 Å². The quantitative estimate of drug-likeness (QED) is 0.426. The SMILES string of the molecule is CCC(CCC(=O)O)NC(=O)c1c(NC(=O)OCC2c3ccccc3-c3ccccc32)cnn1C. The summed E-state index contributed by atoms with van der Waals surface area (Å²) < 4.78 is 6.93. The van der Waals surface area contributed by atoms with Crippen molar-refractivity contribution < 1.29 is 24.2 Å². The first-order valence-electron chi connectivity index (χ1n) is 11.6. The molecule has 3 N–H and O–H groups in total. The van der Waals surface area contributed by atoms with Crippen LogP contribution >= 0.6 is 0 Å². The number of aliphatic carboxylic acids is 1. The number of aryl methyl sites for hydroxylation is 1. The Morgan fingerprint density at radius 1 is 1.09 bits per heavy atom. The first kappa shape index (κ1) is 24.0. The smallest absolute Gasteiger partial charge is 0.411 e. The molecule has 9 nitrogen and oxygen atoms in total. The van der Waals surface area contributed by atoms with E-state index in [0.717, 1.165) is 22.3 Å². The van der Waals surface area contributed by atoms with Gasteiger partial charge in [0.1, 0.15) is 12.3 Å². The molecule has 1 unspecified atom stereocenters. The van der Waals surface area contributed by atoms with Gasteiger partial charge >= 0.3 is 12.1 Å². The van der Waals surface area contributed by atoms with Crippen molar-refractivity contribution in [2.75, 3.05) is 11.9 Å². The van der Waals surface area contributed by atoms with Gasteiger partial charge in [-0.15, -0.1) is 0 Å². The normalized spacial score (nSPS) is 13.0. The fourth-order valence-corrected chi connectivity index (χ4v) is 4.47. The molecule has 0 saturated heterocycles. The fourth-order valence-electron chi connectivity index (χ4n) is 4.47. The number of nitrogens with one attached hydrogen (secondary N) is 2. The molecule has 0 radical (unpaired) electrons. The van der Waals surface area contributed by atoms with E-state index in [1.807, 2.05) is 43.3 Å². The molecule has 1 atom stereocenters. The van der Waals surface area contributed by atoms with Crippen LogP contribution in [0.2, 0.25) is 0 Å². The summed E-state index contributed by atoms with van der Waals surface area (Å²) >= 11 is 0. The van der Waals surface area contributed by atoms with Crippen LogP contribution in [0, 0.1) is 0 Å². The number of amides is 2. The number of carbonyl (C=O) groups excluding carboxylic acids is 2. The molecule has 1 heterocycles. The van der Waals surface area contributed by atoms with Crippen molar-refractivity contribution >= 4 is 23.7 Å². The first-order valence-corrected chi connectivity index (χ1v) is 11.6. The summed E-state index contributed by atoms with van der Waals surface area (Å²) in [5.74, 6) is -1.45. The highest BCUT2D eigenvalue weighted by molar-refractivity contribution is 6.01. The molecule has 182 valence electrons. The van der Waals surface area contributed by atoms with Crippen molar-refractivity contribution in [1.82, 2.24) is 15.1 Å². The number of aromatic nitrogens is 2. The van der Waals surface area contributed by atoms with Gasteiger partial charge in [0.2, 0.25) is 0 Å². The number of nitrogens with zero attached hydrogens (tertiary/aromatic N) is 2. The fraction of sp³-hybridized carbons (Fsp3) is 0.308. The van der Waals surface area contributed by atoms with Gasteiger partial charge in [0.25, 0.3) is 5.91 Å². The third-order valence-corrected chi connectivity index (χ3v) is 6.27. The second kappa shape index (κ2) is 10.4. The molecule has 3 aromatic rings. The zero-order valence-corrected chi connectivity index (χ0v) is 19.7. The Hall–Kier alpha value is -4.14. The van der Waals surface area contributed by atoms with Crippen LogP contribution in [-0.2, 0) is 16.6 Å². The Morgan fingerprint density at radius 3 is 2.31 bits per heavy atom. The van der Waals surface area contributed by atoms with Crippen LogP contribution in [0.1, 0.15) is 53.7 Å². The van der Waals surface area contributed by atoms with Crippen LogP contribution in [0.4, 0.5) is 10.5 Å². The Labute approximate surface area is 203 Å². The minimum absolute atomic E-state index is 0.0466. The van der Waals surface area contributed by atoms with E-state index in [9.17, 15) is 14.4 Å². The van der Waals surface area contributed by atoms with E-state index in [1.54, 1.807) is 7.05 Å². The molecule has 1 aliphatic carbocycles. The lowest BCUT2D eigenvalue weighted by molar-refractivity contribution is -0.137. The Bertz CT molecular complexity index is 1210. The number of carboxylic acids is 1. The lowest BCUT2D eigenvalue weighted by atomic mass is 9.98. The van der Waals surface area contributed by atoms with Gasteiger partial charge in [-0.1, -0.05) is 55.5 Å². The van der Waals surface area contributed by atoms with Gasteiger partial charge in [-0.3, -0.25) is 19.6 Å². The minimum Gasteiger partial charge on any atom is -0.481 e. The molecule has 0 saturated carbocycles. The lowest BCUT2D eigenvalue weighted by Crippen LogP contribution is -2.36. The number of carbonyl (C=O) groups is 3. The van der Waals surface area contributed by atoms with E-state index in [0.29, 0.717) is 12.8 Å². The number of anilines is 1. The maximum Gasteiger partial charge on any atom is 0.411 e. The highest BCUT2D eigenvalue weighted by Crippen LogP contribution is 2.44. The van der Waals surface area contributed by atoms with Crippen molar-refractivity contribution in [3.05, 3.63) is 71.5 Å². The van der Waals surface area contributed by atoms with E-state index >= 15 is 0 Å². The van der Waals surface area contributed by atoms with Gasteiger partial charge in [0.05, 0.1) is 11.9 Å². The average molecular weight is 477 g/mol. The number of carboxylic acid groups (broad SMARTS) is 1. The predicted octanol–water partition coefficient (Wildman–Crippen LogP) is 4.15. The van der Waals surface area contributed by atoms with Gasteiger partial charge in [-0.2, -0.15) is 5.10 Å². The van der Waals surface area contributed by atoms with E-state index < -0.39 is 18.0 Å². The van der Waals surface area contributed by atoms with Gasteiger partial charge in [-0.25, -0.2) is 4.79 Å². The van der Waals surface area contributed by atoms with Crippen molar-refractivity contribution in [1.29, 1.82) is 0 Å². The van der Waals surface area contributed by atoms with Gasteiger partial charge in [0.15, 0.2) is 0 Å². The number of ether oxygens (including phenoxy) is 1. The largest absolute Gasteiger partial charge is 0.481 e. The zero-order valence-electron chi connectivity index (χ0n) is 19.7. The third-order valence-electron chi connectivity index (χ3n) is 6.27. The number of hydrogen-bond acceptors (Lipinski definition) is 5. The second-order valence-electron chi connectivity index (χ2n) is 8.49. The molecule has 0 aliphatic heterocycles. The van der Waals surface area contributed by atoms with E-state index in [2.05, 4.69) is 27.9 Å². The highest BCUT2D eigenvalue weighted by atomic mass is 16.5. The molecule has 1 aliphatic rings. The topological polar surface area (TPSA) is 123 Å². The molecule has 0 spiro atoms. The average Bonchev–Trinajstić information content (AvgIpc) is 3.37. The molecule has 4 rings (SSSR count). The Balaban J connectivity index is 1.42. The molecular weight excluding hydrogens is 448 g/mol. The van der Waals surface area contributed by atoms with Gasteiger partial charge < -0.3 is 15.2 Å². The number of fused-ring (bicyclic) bond motifs is 3. The standard InChI is InChI=1S/C26H28N4O5/c1-3-16(12-13-23(31)32)28-25(33)24-22(14-27-30(24)2)29-26(34)35-15-21-19-10-6-4-8-17(19)18-9-5-7-11-20(18)21/h4-11,14,16,21H,3,12-13,15H2,1-2H3,(H,28,33)(H,29,34)(H,31,32). The van der Waals surface area contributed by atoms with Crippen LogP contribution in [0.5, 0.6) is 0 Å². The van der Waals surface area contributed by atoms with Crippen molar-refractivity contribution in [3.8, 4) is 11.1 Å². The molecule has 2 amide bonds. The maximum absolute atomic E-state index is 12.9. The Kier molecular flexibility index (Phi) is 7.14. The van der Waals surface area contributed by atoms with Crippen molar-refractivity contribution in [2.24, 2.45) is 7.05 Å². The second-order valence-corrected chi connectivity index (χ2v) is 8.49. The number of rotatable bonds is 9. The molecule has 9 heteroatoms. The summed E-state index contributed by atoms with van der Waals surface area (Å²) in [6, 6.07) is 15.8. The molecule has 0 fully saturated rings. The summed E-state index contributed by atoms with van der Waals surface area (Å²) in [6.45, 7) is 2.01. The summed E-state index contributed by atoms with van der Waals surface area (Å²) in [5, 5.41) is 18.4. The van der Waals surface area contributed by atoms with Crippen LogP contribution in [0.3, 0.4) is 0 Å². The van der Waals surface area contributed by atoms with Gasteiger partial charge in [-0.05, 0) is 35.1 Å². The van der Waals surface area contributed by atoms with Crippen LogP contribution < -0.4 is 10.6 Å². The zero-order chi connectivity index (χ0) is 24.9. The van der Waals surface area contributed by atoms with E-state index in [-0.39, 0.29) is 36.4 Å².